The summed E-state index contributed by atoms with van der Waals surface area (Å²) < 4.78 is -0.0413. The molecule has 0 atom stereocenters. The standard InChI is InChI=1S/C12H15NO3S/c1-8(14)10-7-9(13(15)16)5-6-11(10)17-12(2,3)4/h5-7H,1-4H3. The Morgan fingerprint density at radius 2 is 1.94 bits per heavy atom. The number of carbonyl (C=O) groups excluding carboxylic acids is 1. The molecule has 0 aliphatic rings. The van der Waals surface area contributed by atoms with Gasteiger partial charge in [0.25, 0.3) is 5.69 Å². The Bertz CT molecular complexity index is 463. The van der Waals surface area contributed by atoms with Gasteiger partial charge >= 0.3 is 0 Å². The first-order chi connectivity index (χ1) is 7.70. The first-order valence-electron chi connectivity index (χ1n) is 5.19. The van der Waals surface area contributed by atoms with E-state index in [2.05, 4.69) is 0 Å². The smallest absolute Gasteiger partial charge is 0.270 e. The van der Waals surface area contributed by atoms with E-state index in [1.807, 2.05) is 20.8 Å². The maximum Gasteiger partial charge on any atom is 0.270 e. The van der Waals surface area contributed by atoms with Crippen molar-refractivity contribution in [3.05, 3.63) is 33.9 Å². The topological polar surface area (TPSA) is 60.2 Å². The van der Waals surface area contributed by atoms with Crippen LogP contribution in [0, 0.1) is 10.1 Å². The minimum atomic E-state index is -0.488. The van der Waals surface area contributed by atoms with E-state index in [0.29, 0.717) is 5.56 Å². The molecule has 1 aromatic carbocycles. The number of hydrogen-bond acceptors (Lipinski definition) is 4. The minimum absolute atomic E-state index is 0.0413. The second-order valence-electron chi connectivity index (χ2n) is 4.71. The molecule has 0 aliphatic heterocycles. The lowest BCUT2D eigenvalue weighted by Gasteiger charge is -2.19. The normalized spacial score (nSPS) is 11.3. The number of thioether (sulfide) groups is 1. The number of rotatable bonds is 3. The third-order valence-electron chi connectivity index (χ3n) is 1.97. The molecule has 0 aromatic heterocycles. The van der Waals surface area contributed by atoms with Crippen LogP contribution in [0.3, 0.4) is 0 Å². The number of benzene rings is 1. The Morgan fingerprint density at radius 1 is 1.35 bits per heavy atom. The maximum atomic E-state index is 11.5. The molecule has 0 unspecified atom stereocenters. The van der Waals surface area contributed by atoms with Gasteiger partial charge in [-0.25, -0.2) is 0 Å². The summed E-state index contributed by atoms with van der Waals surface area (Å²) in [7, 11) is 0. The molecule has 0 saturated heterocycles. The third-order valence-corrected chi connectivity index (χ3v) is 3.16. The average molecular weight is 253 g/mol. The molecule has 1 rings (SSSR count). The number of nitro benzene ring substituents is 1. The van der Waals surface area contributed by atoms with Gasteiger partial charge in [0.1, 0.15) is 0 Å². The van der Waals surface area contributed by atoms with Crippen molar-refractivity contribution in [3.8, 4) is 0 Å². The van der Waals surface area contributed by atoms with Gasteiger partial charge < -0.3 is 0 Å². The lowest BCUT2D eigenvalue weighted by Crippen LogP contribution is -2.09. The summed E-state index contributed by atoms with van der Waals surface area (Å²) >= 11 is 1.53. The van der Waals surface area contributed by atoms with Gasteiger partial charge in [-0.1, -0.05) is 20.8 Å². The molecular weight excluding hydrogens is 238 g/mol. The van der Waals surface area contributed by atoms with E-state index in [-0.39, 0.29) is 16.2 Å². The van der Waals surface area contributed by atoms with Crippen molar-refractivity contribution >= 4 is 23.2 Å². The highest BCUT2D eigenvalue weighted by Gasteiger charge is 2.19. The molecule has 0 heterocycles. The van der Waals surface area contributed by atoms with Crippen molar-refractivity contribution in [1.29, 1.82) is 0 Å². The van der Waals surface area contributed by atoms with E-state index in [1.54, 1.807) is 6.07 Å². The van der Waals surface area contributed by atoms with Gasteiger partial charge in [0.05, 0.1) is 4.92 Å². The molecule has 0 radical (unpaired) electrons. The largest absolute Gasteiger partial charge is 0.294 e. The highest BCUT2D eigenvalue weighted by molar-refractivity contribution is 8.00. The maximum absolute atomic E-state index is 11.5. The number of nitrogens with zero attached hydrogens (tertiary/aromatic N) is 1. The van der Waals surface area contributed by atoms with Gasteiger partial charge in [-0.2, -0.15) is 0 Å². The molecule has 0 fully saturated rings. The third kappa shape index (κ3) is 3.85. The van der Waals surface area contributed by atoms with Crippen molar-refractivity contribution in [2.24, 2.45) is 0 Å². The first kappa shape index (κ1) is 13.7. The molecule has 0 N–H and O–H groups in total. The van der Waals surface area contributed by atoms with Gasteiger partial charge in [0.2, 0.25) is 0 Å². The molecule has 17 heavy (non-hydrogen) atoms. The minimum Gasteiger partial charge on any atom is -0.294 e. The van der Waals surface area contributed by atoms with E-state index in [4.69, 9.17) is 0 Å². The van der Waals surface area contributed by atoms with Gasteiger partial charge in [-0.3, -0.25) is 14.9 Å². The van der Waals surface area contributed by atoms with Gasteiger partial charge in [0.15, 0.2) is 5.78 Å². The molecule has 92 valence electrons. The fourth-order valence-corrected chi connectivity index (χ4v) is 2.43. The number of Topliss-reactive ketones (excluding diaryl/α,β-unsaturated/α-hetero) is 1. The number of non-ortho nitro benzene ring substituents is 1. The Morgan fingerprint density at radius 3 is 2.35 bits per heavy atom. The average Bonchev–Trinajstić information content (AvgIpc) is 2.14. The van der Waals surface area contributed by atoms with E-state index < -0.39 is 4.92 Å². The zero-order valence-corrected chi connectivity index (χ0v) is 11.1. The molecule has 0 saturated carbocycles. The predicted octanol–water partition coefficient (Wildman–Crippen LogP) is 3.69. The van der Waals surface area contributed by atoms with Gasteiger partial charge in [-0.05, 0) is 13.0 Å². The molecule has 0 aliphatic carbocycles. The summed E-state index contributed by atoms with van der Waals surface area (Å²) in [5, 5.41) is 10.7. The van der Waals surface area contributed by atoms with Crippen LogP contribution >= 0.6 is 11.8 Å². The Kier molecular flexibility index (Phi) is 3.93. The van der Waals surface area contributed by atoms with Crippen molar-refractivity contribution in [2.45, 2.75) is 37.3 Å². The van der Waals surface area contributed by atoms with E-state index in [0.717, 1.165) is 4.90 Å². The molecule has 0 bridgehead atoms. The Hall–Kier alpha value is -1.36. The van der Waals surface area contributed by atoms with Crippen LogP contribution in [0.25, 0.3) is 0 Å². The van der Waals surface area contributed by atoms with E-state index in [9.17, 15) is 14.9 Å². The zero-order valence-electron chi connectivity index (χ0n) is 10.3. The van der Waals surface area contributed by atoms with Crippen LogP contribution in [0.2, 0.25) is 0 Å². The van der Waals surface area contributed by atoms with Crippen molar-refractivity contribution < 1.29 is 9.72 Å². The van der Waals surface area contributed by atoms with Crippen LogP contribution in [-0.2, 0) is 0 Å². The number of ketones is 1. The molecule has 4 nitrogen and oxygen atoms in total. The monoisotopic (exact) mass is 253 g/mol. The Labute approximate surface area is 105 Å². The molecule has 1 aromatic rings. The number of hydrogen-bond donors (Lipinski definition) is 0. The van der Waals surface area contributed by atoms with Crippen LogP contribution in [0.15, 0.2) is 23.1 Å². The highest BCUT2D eigenvalue weighted by Crippen LogP contribution is 2.35. The van der Waals surface area contributed by atoms with Crippen molar-refractivity contribution in [1.82, 2.24) is 0 Å². The quantitative estimate of drug-likeness (QED) is 0.357. The number of nitro groups is 1. The fourth-order valence-electron chi connectivity index (χ4n) is 1.33. The van der Waals surface area contributed by atoms with E-state index in [1.165, 1.54) is 30.8 Å². The first-order valence-corrected chi connectivity index (χ1v) is 6.01. The predicted molar refractivity (Wildman–Crippen MR) is 68.7 cm³/mol. The van der Waals surface area contributed by atoms with E-state index >= 15 is 0 Å². The molecule has 0 spiro atoms. The van der Waals surface area contributed by atoms with Crippen LogP contribution in [0.1, 0.15) is 38.1 Å². The molecule has 5 heteroatoms. The van der Waals surface area contributed by atoms with Gasteiger partial charge in [-0.15, -0.1) is 11.8 Å². The summed E-state index contributed by atoms with van der Waals surface area (Å²) in [5.41, 5.74) is 0.368. The molecular formula is C12H15NO3S. The fraction of sp³-hybridized carbons (Fsp3) is 0.417. The second-order valence-corrected chi connectivity index (χ2v) is 6.58. The molecule has 0 amide bonds. The van der Waals surface area contributed by atoms with Gasteiger partial charge in [0, 0.05) is 27.3 Å². The lowest BCUT2D eigenvalue weighted by atomic mass is 10.1. The summed E-state index contributed by atoms with van der Waals surface area (Å²) in [6.45, 7) is 7.51. The van der Waals surface area contributed by atoms with Crippen LogP contribution in [0.4, 0.5) is 5.69 Å². The summed E-state index contributed by atoms with van der Waals surface area (Å²) in [6.07, 6.45) is 0. The van der Waals surface area contributed by atoms with Crippen LogP contribution in [-0.4, -0.2) is 15.5 Å². The van der Waals surface area contributed by atoms with Crippen LogP contribution < -0.4 is 0 Å². The van der Waals surface area contributed by atoms with Crippen molar-refractivity contribution in [3.63, 3.8) is 0 Å². The SMILES string of the molecule is CC(=O)c1cc([N+](=O)[O-])ccc1SC(C)(C)C. The summed E-state index contributed by atoms with van der Waals surface area (Å²) in [4.78, 5) is 22.5. The lowest BCUT2D eigenvalue weighted by molar-refractivity contribution is -0.384. The van der Waals surface area contributed by atoms with Crippen molar-refractivity contribution in [2.75, 3.05) is 0 Å². The van der Waals surface area contributed by atoms with Crippen LogP contribution in [0.5, 0.6) is 0 Å². The second kappa shape index (κ2) is 4.87. The summed E-state index contributed by atoms with van der Waals surface area (Å²) in [5.74, 6) is -0.152. The highest BCUT2D eigenvalue weighted by atomic mass is 32.2. The summed E-state index contributed by atoms with van der Waals surface area (Å²) in [6, 6.07) is 4.42. The number of carbonyl (C=O) groups is 1. The Balaban J connectivity index is 3.23. The zero-order chi connectivity index (χ0) is 13.2.